The van der Waals surface area contributed by atoms with Gasteiger partial charge in [0.25, 0.3) is 0 Å². The van der Waals surface area contributed by atoms with Gasteiger partial charge in [0.05, 0.1) is 13.2 Å². The van der Waals surface area contributed by atoms with Crippen LogP contribution in [0.2, 0.25) is 0 Å². The summed E-state index contributed by atoms with van der Waals surface area (Å²) in [6, 6.07) is 18.9. The second-order valence-electron chi connectivity index (χ2n) is 7.66. The molecule has 0 aliphatic carbocycles. The fraction of sp³-hybridized carbons (Fsp3) is 0.417. The first-order valence-electron chi connectivity index (χ1n) is 10.5. The number of hydrogen-bond donors (Lipinski definition) is 0. The molecule has 8 heteroatoms. The van der Waals surface area contributed by atoms with Crippen molar-refractivity contribution in [3.63, 3.8) is 0 Å². The van der Waals surface area contributed by atoms with Gasteiger partial charge in [0.2, 0.25) is 0 Å². The first-order valence-corrected chi connectivity index (χ1v) is 10.5. The fourth-order valence-corrected chi connectivity index (χ4v) is 3.86. The predicted molar refractivity (Wildman–Crippen MR) is 111 cm³/mol. The molecule has 0 aromatic heterocycles. The molecule has 2 fully saturated rings. The minimum absolute atomic E-state index is 0.194. The molecule has 2 heterocycles. The number of carbonyl (C=O) groups is 2. The van der Waals surface area contributed by atoms with Gasteiger partial charge in [0.15, 0.2) is 24.8 Å². The zero-order valence-corrected chi connectivity index (χ0v) is 17.9. The zero-order valence-electron chi connectivity index (χ0n) is 17.9. The second kappa shape index (κ2) is 10.2. The fourth-order valence-electron chi connectivity index (χ4n) is 3.86. The molecule has 0 unspecified atom stereocenters. The van der Waals surface area contributed by atoms with Crippen molar-refractivity contribution < 1.29 is 38.0 Å². The van der Waals surface area contributed by atoms with Gasteiger partial charge < -0.3 is 28.4 Å². The molecule has 4 rings (SSSR count). The third kappa shape index (κ3) is 5.34. The van der Waals surface area contributed by atoms with Gasteiger partial charge in [-0.3, -0.25) is 9.59 Å². The third-order valence-electron chi connectivity index (χ3n) is 5.22. The number of esters is 2. The Bertz CT molecular complexity index is 903. The number of carbonyl (C=O) groups excluding carboxylic acids is 2. The molecule has 0 saturated carbocycles. The largest absolute Gasteiger partial charge is 0.455 e. The van der Waals surface area contributed by atoms with Crippen molar-refractivity contribution in [1.82, 2.24) is 0 Å². The van der Waals surface area contributed by atoms with Gasteiger partial charge in [-0.05, 0) is 5.56 Å². The smallest absolute Gasteiger partial charge is 0.303 e. The van der Waals surface area contributed by atoms with Crippen LogP contribution in [0.5, 0.6) is 0 Å². The van der Waals surface area contributed by atoms with Crippen LogP contribution in [0.4, 0.5) is 0 Å². The quantitative estimate of drug-likeness (QED) is 0.631. The summed E-state index contributed by atoms with van der Waals surface area (Å²) in [6.45, 7) is 2.99. The molecular formula is C24H26O8. The van der Waals surface area contributed by atoms with Crippen LogP contribution in [0.15, 0.2) is 60.7 Å². The Morgan fingerprint density at radius 1 is 0.875 bits per heavy atom. The van der Waals surface area contributed by atoms with Gasteiger partial charge in [0.1, 0.15) is 12.2 Å². The normalized spacial score (nSPS) is 29.6. The first-order chi connectivity index (χ1) is 15.5. The molecule has 6 atom stereocenters. The number of fused-ring (bicyclic) bond motifs is 1. The Kier molecular flexibility index (Phi) is 7.16. The van der Waals surface area contributed by atoms with Gasteiger partial charge in [-0.2, -0.15) is 0 Å². The standard InChI is InChI=1S/C24H26O8/c1-15(25)29-21-20-19(14-28-23(32-20)18-11-7-4-8-12-18)31-24(22(21)30-16(2)26)27-13-17-9-5-3-6-10-17/h3-12,19-24H,13-14H2,1-2H3/t19-,20+,21+,22-,23+,24+/m1/s1. The van der Waals surface area contributed by atoms with Gasteiger partial charge in [0, 0.05) is 19.4 Å². The highest BCUT2D eigenvalue weighted by molar-refractivity contribution is 5.67. The first kappa shape index (κ1) is 22.4. The maximum Gasteiger partial charge on any atom is 0.303 e. The van der Waals surface area contributed by atoms with Crippen molar-refractivity contribution in [2.24, 2.45) is 0 Å². The summed E-state index contributed by atoms with van der Waals surface area (Å²) in [5, 5.41) is 0. The second-order valence-corrected chi connectivity index (χ2v) is 7.66. The van der Waals surface area contributed by atoms with Crippen LogP contribution in [0, 0.1) is 0 Å². The van der Waals surface area contributed by atoms with E-state index in [0.29, 0.717) is 0 Å². The molecule has 0 bridgehead atoms. The van der Waals surface area contributed by atoms with Crippen LogP contribution in [0.1, 0.15) is 31.3 Å². The minimum Gasteiger partial charge on any atom is -0.455 e. The molecule has 0 spiro atoms. The van der Waals surface area contributed by atoms with Crippen molar-refractivity contribution in [3.8, 4) is 0 Å². The van der Waals surface area contributed by atoms with Crippen LogP contribution < -0.4 is 0 Å². The molecule has 2 aromatic carbocycles. The Morgan fingerprint density at radius 3 is 2.16 bits per heavy atom. The summed E-state index contributed by atoms with van der Waals surface area (Å²) >= 11 is 0. The highest BCUT2D eigenvalue weighted by atomic mass is 16.8. The lowest BCUT2D eigenvalue weighted by molar-refractivity contribution is -0.363. The maximum absolute atomic E-state index is 11.9. The number of rotatable bonds is 6. The van der Waals surface area contributed by atoms with E-state index in [1.165, 1.54) is 13.8 Å². The molecule has 8 nitrogen and oxygen atoms in total. The van der Waals surface area contributed by atoms with Crippen molar-refractivity contribution in [2.45, 2.75) is 57.5 Å². The summed E-state index contributed by atoms with van der Waals surface area (Å²) in [5.41, 5.74) is 1.74. The molecular weight excluding hydrogens is 416 g/mol. The SMILES string of the molecule is CC(=O)O[C@H]1[C@H]2O[C@@H](c3ccccc3)OC[C@H]2O[C@H](OCc2ccccc2)[C@@H]1OC(C)=O. The van der Waals surface area contributed by atoms with Crippen molar-refractivity contribution >= 4 is 11.9 Å². The van der Waals surface area contributed by atoms with Gasteiger partial charge in [-0.1, -0.05) is 60.7 Å². The van der Waals surface area contributed by atoms with Crippen LogP contribution in [0.3, 0.4) is 0 Å². The van der Waals surface area contributed by atoms with Crippen LogP contribution in [-0.4, -0.2) is 49.3 Å². The van der Waals surface area contributed by atoms with E-state index in [1.54, 1.807) is 0 Å². The highest BCUT2D eigenvalue weighted by Gasteiger charge is 2.53. The van der Waals surface area contributed by atoms with Crippen molar-refractivity contribution in [1.29, 1.82) is 0 Å². The van der Waals surface area contributed by atoms with E-state index < -0.39 is 48.9 Å². The molecule has 2 aliphatic rings. The Labute approximate surface area is 186 Å². The summed E-state index contributed by atoms with van der Waals surface area (Å²) in [6.07, 6.45) is -4.85. The van der Waals surface area contributed by atoms with Crippen molar-refractivity contribution in [2.75, 3.05) is 6.61 Å². The summed E-state index contributed by atoms with van der Waals surface area (Å²) in [4.78, 5) is 23.8. The lowest BCUT2D eigenvalue weighted by atomic mass is 9.97. The molecule has 2 saturated heterocycles. The average Bonchev–Trinajstić information content (AvgIpc) is 2.80. The van der Waals surface area contributed by atoms with Crippen LogP contribution in [-0.2, 0) is 44.6 Å². The van der Waals surface area contributed by atoms with Gasteiger partial charge in [-0.25, -0.2) is 0 Å². The summed E-state index contributed by atoms with van der Waals surface area (Å²) in [7, 11) is 0. The molecule has 0 N–H and O–H groups in total. The van der Waals surface area contributed by atoms with E-state index in [4.69, 9.17) is 28.4 Å². The average molecular weight is 442 g/mol. The molecule has 2 aromatic rings. The van der Waals surface area contributed by atoms with Gasteiger partial charge in [-0.15, -0.1) is 0 Å². The predicted octanol–water partition coefficient (Wildman–Crippen LogP) is 2.91. The number of benzene rings is 2. The lowest BCUT2D eigenvalue weighted by Crippen LogP contribution is -2.64. The van der Waals surface area contributed by atoms with E-state index >= 15 is 0 Å². The van der Waals surface area contributed by atoms with Crippen molar-refractivity contribution in [3.05, 3.63) is 71.8 Å². The Morgan fingerprint density at radius 2 is 1.50 bits per heavy atom. The molecule has 170 valence electrons. The van der Waals surface area contributed by atoms with E-state index in [0.717, 1.165) is 11.1 Å². The molecule has 32 heavy (non-hydrogen) atoms. The summed E-state index contributed by atoms with van der Waals surface area (Å²) in [5.74, 6) is -1.07. The minimum atomic E-state index is -1.00. The number of ether oxygens (including phenoxy) is 6. The Hall–Kier alpha value is -2.78. The summed E-state index contributed by atoms with van der Waals surface area (Å²) < 4.78 is 35.1. The highest BCUT2D eigenvalue weighted by Crippen LogP contribution is 2.37. The van der Waals surface area contributed by atoms with E-state index in [1.807, 2.05) is 60.7 Å². The molecule has 0 radical (unpaired) electrons. The maximum atomic E-state index is 11.9. The lowest BCUT2D eigenvalue weighted by Gasteiger charge is -2.48. The zero-order chi connectivity index (χ0) is 22.5. The van der Waals surface area contributed by atoms with Crippen LogP contribution >= 0.6 is 0 Å². The van der Waals surface area contributed by atoms with Crippen LogP contribution in [0.25, 0.3) is 0 Å². The Balaban J connectivity index is 1.57. The third-order valence-corrected chi connectivity index (χ3v) is 5.22. The van der Waals surface area contributed by atoms with Gasteiger partial charge >= 0.3 is 11.9 Å². The van der Waals surface area contributed by atoms with E-state index in [-0.39, 0.29) is 13.2 Å². The monoisotopic (exact) mass is 442 g/mol. The molecule has 2 aliphatic heterocycles. The number of hydrogen-bond acceptors (Lipinski definition) is 8. The molecule has 0 amide bonds. The topological polar surface area (TPSA) is 89.5 Å². The van der Waals surface area contributed by atoms with E-state index in [9.17, 15) is 9.59 Å². The van der Waals surface area contributed by atoms with E-state index in [2.05, 4.69) is 0 Å².